The summed E-state index contributed by atoms with van der Waals surface area (Å²) in [6, 6.07) is 7.97. The highest BCUT2D eigenvalue weighted by molar-refractivity contribution is 5.85. The molecule has 0 saturated carbocycles. The van der Waals surface area contributed by atoms with Gasteiger partial charge in [0.05, 0.1) is 0 Å². The first-order valence-electron chi connectivity index (χ1n) is 6.87. The molecular weight excluding hydrogens is 240 g/mol. The lowest BCUT2D eigenvalue weighted by atomic mass is 9.99. The number of amides is 1. The van der Waals surface area contributed by atoms with Gasteiger partial charge in [0.15, 0.2) is 0 Å². The van der Waals surface area contributed by atoms with E-state index in [1.165, 1.54) is 0 Å². The quantitative estimate of drug-likeness (QED) is 0.879. The smallest absolute Gasteiger partial charge is 0.233 e. The Morgan fingerprint density at radius 3 is 2.89 bits per heavy atom. The summed E-state index contributed by atoms with van der Waals surface area (Å²) in [6.45, 7) is 5.84. The molecule has 0 fully saturated rings. The Hall–Kier alpha value is -1.55. The number of hydrogen-bond acceptors (Lipinski definition) is 3. The van der Waals surface area contributed by atoms with Crippen LogP contribution in [0, 0.1) is 0 Å². The Bertz CT molecular complexity index is 446. The number of carbonyl (C=O) groups is 1. The third kappa shape index (κ3) is 2.89. The summed E-state index contributed by atoms with van der Waals surface area (Å²) in [5.41, 5.74) is 6.55. The fourth-order valence-electron chi connectivity index (χ4n) is 2.45. The highest BCUT2D eigenvalue weighted by Gasteiger charge is 2.33. The van der Waals surface area contributed by atoms with Crippen molar-refractivity contribution in [1.29, 1.82) is 0 Å². The first kappa shape index (κ1) is 13.9. The van der Waals surface area contributed by atoms with Crippen LogP contribution in [-0.2, 0) is 4.79 Å². The van der Waals surface area contributed by atoms with E-state index in [0.29, 0.717) is 19.7 Å². The van der Waals surface area contributed by atoms with Gasteiger partial charge in [-0.2, -0.15) is 0 Å². The fourth-order valence-corrected chi connectivity index (χ4v) is 2.45. The summed E-state index contributed by atoms with van der Waals surface area (Å²) >= 11 is 0. The molecule has 0 saturated heterocycles. The third-order valence-electron chi connectivity index (χ3n) is 3.51. The van der Waals surface area contributed by atoms with E-state index in [2.05, 4.69) is 0 Å². The molecule has 1 aliphatic heterocycles. The van der Waals surface area contributed by atoms with Crippen LogP contribution in [0.5, 0.6) is 5.75 Å². The molecule has 4 nitrogen and oxygen atoms in total. The summed E-state index contributed by atoms with van der Waals surface area (Å²) in [5, 5.41) is 0. The first-order valence-corrected chi connectivity index (χ1v) is 6.87. The average Bonchev–Trinajstić information content (AvgIpc) is 2.82. The lowest BCUT2D eigenvalue weighted by molar-refractivity contribution is -0.134. The minimum absolute atomic E-state index is 0.147. The predicted molar refractivity (Wildman–Crippen MR) is 75.2 cm³/mol. The van der Waals surface area contributed by atoms with Crippen molar-refractivity contribution in [3.8, 4) is 5.75 Å². The van der Waals surface area contributed by atoms with Gasteiger partial charge in [0, 0.05) is 18.2 Å². The largest absolute Gasteiger partial charge is 0.492 e. The summed E-state index contributed by atoms with van der Waals surface area (Å²) < 4.78 is 5.59. The zero-order valence-electron chi connectivity index (χ0n) is 11.6. The van der Waals surface area contributed by atoms with Crippen molar-refractivity contribution in [3.05, 3.63) is 29.8 Å². The van der Waals surface area contributed by atoms with E-state index in [0.717, 1.165) is 17.7 Å². The van der Waals surface area contributed by atoms with Crippen molar-refractivity contribution in [3.63, 3.8) is 0 Å². The monoisotopic (exact) mass is 262 g/mol. The van der Waals surface area contributed by atoms with E-state index in [9.17, 15) is 4.79 Å². The minimum atomic E-state index is -0.170. The number of carbonyl (C=O) groups excluding carboxylic acids is 1. The van der Waals surface area contributed by atoms with Crippen molar-refractivity contribution < 1.29 is 9.53 Å². The second kappa shape index (κ2) is 6.06. The Kier molecular flexibility index (Phi) is 4.43. The molecule has 1 amide bonds. The normalized spacial score (nSPS) is 17.2. The molecule has 1 aliphatic rings. The predicted octanol–water partition coefficient (Wildman–Crippen LogP) is 1.75. The average molecular weight is 262 g/mol. The van der Waals surface area contributed by atoms with E-state index < -0.39 is 0 Å². The van der Waals surface area contributed by atoms with Gasteiger partial charge in [-0.15, -0.1) is 0 Å². The Morgan fingerprint density at radius 2 is 2.21 bits per heavy atom. The molecule has 19 heavy (non-hydrogen) atoms. The molecular formula is C15H22N2O2. The molecule has 2 N–H and O–H groups in total. The third-order valence-corrected chi connectivity index (χ3v) is 3.51. The lowest BCUT2D eigenvalue weighted by Gasteiger charge is -2.29. The summed E-state index contributed by atoms with van der Waals surface area (Å²) in [4.78, 5) is 14.6. The number of rotatable bonds is 5. The molecule has 1 unspecified atom stereocenters. The van der Waals surface area contributed by atoms with Gasteiger partial charge in [0.25, 0.3) is 0 Å². The molecule has 0 bridgehead atoms. The van der Waals surface area contributed by atoms with Crippen LogP contribution in [-0.4, -0.2) is 36.5 Å². The molecule has 1 heterocycles. The van der Waals surface area contributed by atoms with Gasteiger partial charge in [-0.05, 0) is 32.9 Å². The highest BCUT2D eigenvalue weighted by atomic mass is 16.5. The van der Waals surface area contributed by atoms with Gasteiger partial charge in [-0.1, -0.05) is 18.2 Å². The van der Waals surface area contributed by atoms with Crippen molar-refractivity contribution in [2.75, 3.05) is 19.7 Å². The Labute approximate surface area is 114 Å². The van der Waals surface area contributed by atoms with E-state index in [-0.39, 0.29) is 17.9 Å². The van der Waals surface area contributed by atoms with Gasteiger partial charge < -0.3 is 15.4 Å². The number of ether oxygens (including phenoxy) is 1. The first-order chi connectivity index (χ1) is 9.15. The number of hydrogen-bond donors (Lipinski definition) is 1. The Balaban J connectivity index is 2.15. The molecule has 0 aromatic heterocycles. The van der Waals surface area contributed by atoms with Crippen LogP contribution >= 0.6 is 0 Å². The number of fused-ring (bicyclic) bond motifs is 1. The van der Waals surface area contributed by atoms with Gasteiger partial charge in [-0.25, -0.2) is 0 Å². The molecule has 0 radical (unpaired) electrons. The van der Waals surface area contributed by atoms with Crippen molar-refractivity contribution in [2.45, 2.75) is 32.2 Å². The van der Waals surface area contributed by atoms with E-state index >= 15 is 0 Å². The van der Waals surface area contributed by atoms with Crippen molar-refractivity contribution in [2.24, 2.45) is 5.73 Å². The zero-order valence-corrected chi connectivity index (χ0v) is 11.6. The molecule has 0 aliphatic carbocycles. The molecule has 1 atom stereocenters. The second-order valence-electron chi connectivity index (χ2n) is 5.17. The van der Waals surface area contributed by atoms with E-state index in [4.69, 9.17) is 10.5 Å². The van der Waals surface area contributed by atoms with E-state index in [1.54, 1.807) is 0 Å². The van der Waals surface area contributed by atoms with Gasteiger partial charge in [-0.3, -0.25) is 4.79 Å². The zero-order chi connectivity index (χ0) is 13.8. The van der Waals surface area contributed by atoms with Crippen LogP contribution in [0.15, 0.2) is 24.3 Å². The lowest BCUT2D eigenvalue weighted by Crippen LogP contribution is -2.41. The highest BCUT2D eigenvalue weighted by Crippen LogP contribution is 2.34. The molecule has 4 heteroatoms. The summed E-state index contributed by atoms with van der Waals surface area (Å²) in [6.07, 6.45) is 0.832. The van der Waals surface area contributed by atoms with E-state index in [1.807, 2.05) is 43.0 Å². The van der Waals surface area contributed by atoms with Crippen molar-refractivity contribution >= 4 is 5.91 Å². The molecule has 0 spiro atoms. The summed E-state index contributed by atoms with van der Waals surface area (Å²) in [7, 11) is 0. The minimum Gasteiger partial charge on any atom is -0.492 e. The second-order valence-corrected chi connectivity index (χ2v) is 5.17. The van der Waals surface area contributed by atoms with Crippen LogP contribution in [0.1, 0.15) is 31.7 Å². The number of nitrogens with two attached hydrogens (primary N) is 1. The topological polar surface area (TPSA) is 55.6 Å². The maximum atomic E-state index is 12.7. The van der Waals surface area contributed by atoms with Crippen LogP contribution in [0.25, 0.3) is 0 Å². The fraction of sp³-hybridized carbons (Fsp3) is 0.533. The van der Waals surface area contributed by atoms with Gasteiger partial charge >= 0.3 is 0 Å². The number of nitrogens with zero attached hydrogens (tertiary/aromatic N) is 1. The SMILES string of the molecule is CC(C)N(CCCN)C(=O)C1COc2ccccc21. The van der Waals surface area contributed by atoms with Crippen LogP contribution in [0.2, 0.25) is 0 Å². The van der Waals surface area contributed by atoms with Gasteiger partial charge in [0.2, 0.25) is 5.91 Å². The van der Waals surface area contributed by atoms with Crippen LogP contribution in [0.4, 0.5) is 0 Å². The summed E-state index contributed by atoms with van der Waals surface area (Å²) in [5.74, 6) is 0.813. The molecule has 2 rings (SSSR count). The Morgan fingerprint density at radius 1 is 1.47 bits per heavy atom. The maximum Gasteiger partial charge on any atom is 0.233 e. The molecule has 104 valence electrons. The van der Waals surface area contributed by atoms with Crippen LogP contribution in [0.3, 0.4) is 0 Å². The number of para-hydroxylation sites is 1. The molecule has 1 aromatic carbocycles. The standard InChI is InChI=1S/C15H22N2O2/c1-11(2)17(9-5-8-16)15(18)13-10-19-14-7-4-3-6-12(13)14/h3-4,6-7,11,13H,5,8-10,16H2,1-2H3. The molecule has 1 aromatic rings. The number of benzene rings is 1. The maximum absolute atomic E-state index is 12.7. The van der Waals surface area contributed by atoms with Crippen molar-refractivity contribution in [1.82, 2.24) is 4.90 Å². The van der Waals surface area contributed by atoms with Crippen LogP contribution < -0.4 is 10.5 Å². The van der Waals surface area contributed by atoms with Gasteiger partial charge in [0.1, 0.15) is 18.3 Å².